The zero-order chi connectivity index (χ0) is 18.4. The average Bonchev–Trinajstić information content (AvgIpc) is 3.06. The Kier molecular flexibility index (Phi) is 3.83. The molecule has 2 aliphatic heterocycles. The molecule has 2 atom stereocenters. The summed E-state index contributed by atoms with van der Waals surface area (Å²) >= 11 is 3.52. The minimum atomic E-state index is -0.0239. The Hall–Kier alpha value is -2.92. The third-order valence-corrected chi connectivity index (χ3v) is 5.67. The van der Waals surface area contributed by atoms with Gasteiger partial charge < -0.3 is 11.1 Å². The van der Waals surface area contributed by atoms with Crippen molar-refractivity contribution in [1.82, 2.24) is 4.98 Å². The number of nitrogens with one attached hydrogen (secondary N) is 1. The topological polar surface area (TPSA) is 63.3 Å². The molecular weight excluding hydrogens is 400 g/mol. The molecule has 3 heterocycles. The number of dihydropyridines is 1. The van der Waals surface area contributed by atoms with Gasteiger partial charge in [0.15, 0.2) is 0 Å². The lowest BCUT2D eigenvalue weighted by Crippen LogP contribution is -2.23. The van der Waals surface area contributed by atoms with E-state index >= 15 is 0 Å². The Labute approximate surface area is 166 Å². The monoisotopic (exact) mass is 416 g/mol. The number of aromatic nitrogens is 1. The fourth-order valence-electron chi connectivity index (χ4n) is 3.94. The molecule has 0 saturated heterocycles. The lowest BCUT2D eigenvalue weighted by Gasteiger charge is -2.27. The van der Waals surface area contributed by atoms with E-state index in [0.717, 1.165) is 32.5 Å². The van der Waals surface area contributed by atoms with Gasteiger partial charge in [0.1, 0.15) is 6.17 Å². The van der Waals surface area contributed by atoms with Crippen LogP contribution in [0.2, 0.25) is 0 Å². The van der Waals surface area contributed by atoms with Crippen LogP contribution in [0, 0.1) is 0 Å². The Balaban J connectivity index is 1.76. The van der Waals surface area contributed by atoms with Crippen LogP contribution in [0.1, 0.15) is 22.6 Å². The van der Waals surface area contributed by atoms with Gasteiger partial charge in [0.2, 0.25) is 0 Å². The lowest BCUT2D eigenvalue weighted by atomic mass is 9.80. The van der Waals surface area contributed by atoms with E-state index in [2.05, 4.69) is 68.7 Å². The molecule has 0 spiro atoms. The van der Waals surface area contributed by atoms with Crippen molar-refractivity contribution in [2.75, 3.05) is 11.1 Å². The summed E-state index contributed by atoms with van der Waals surface area (Å²) in [6.45, 7) is 0. The SMILES string of the molecule is Nc1ccc2c(c1)C1C(c3ccncc3)=C(c3ccc(Br)cc3)C=NC1N2. The highest BCUT2D eigenvalue weighted by atomic mass is 79.9. The molecule has 2 aliphatic rings. The number of fused-ring (bicyclic) bond motifs is 3. The molecule has 3 aromatic rings. The van der Waals surface area contributed by atoms with E-state index in [1.54, 1.807) is 0 Å². The van der Waals surface area contributed by atoms with Gasteiger partial charge in [-0.25, -0.2) is 0 Å². The molecule has 3 N–H and O–H groups in total. The minimum absolute atomic E-state index is 0.0239. The molecule has 0 bridgehead atoms. The van der Waals surface area contributed by atoms with Gasteiger partial charge >= 0.3 is 0 Å². The summed E-state index contributed by atoms with van der Waals surface area (Å²) in [4.78, 5) is 9.03. The first-order valence-corrected chi connectivity index (χ1v) is 9.59. The molecule has 0 aliphatic carbocycles. The number of aliphatic imine (C=N–C) groups is 1. The van der Waals surface area contributed by atoms with Gasteiger partial charge in [-0.15, -0.1) is 0 Å². The number of pyridine rings is 1. The molecule has 0 radical (unpaired) electrons. The van der Waals surface area contributed by atoms with Crippen molar-refractivity contribution in [2.45, 2.75) is 12.1 Å². The van der Waals surface area contributed by atoms with Crippen LogP contribution in [0.25, 0.3) is 11.1 Å². The van der Waals surface area contributed by atoms with Gasteiger partial charge in [0, 0.05) is 40.0 Å². The first kappa shape index (κ1) is 16.3. The van der Waals surface area contributed by atoms with Crippen molar-refractivity contribution in [2.24, 2.45) is 4.99 Å². The van der Waals surface area contributed by atoms with E-state index < -0.39 is 0 Å². The van der Waals surface area contributed by atoms with Gasteiger partial charge in [-0.2, -0.15) is 0 Å². The summed E-state index contributed by atoms with van der Waals surface area (Å²) in [5, 5.41) is 3.53. The summed E-state index contributed by atoms with van der Waals surface area (Å²) in [5.74, 6) is 0.106. The Morgan fingerprint density at radius 1 is 0.926 bits per heavy atom. The lowest BCUT2D eigenvalue weighted by molar-refractivity contribution is 0.731. The van der Waals surface area contributed by atoms with Crippen LogP contribution >= 0.6 is 15.9 Å². The number of hydrogen-bond acceptors (Lipinski definition) is 4. The molecule has 5 rings (SSSR count). The van der Waals surface area contributed by atoms with Crippen molar-refractivity contribution in [1.29, 1.82) is 0 Å². The number of benzene rings is 2. The van der Waals surface area contributed by atoms with E-state index in [1.165, 1.54) is 11.1 Å². The summed E-state index contributed by atoms with van der Waals surface area (Å²) in [5.41, 5.74) is 13.8. The van der Waals surface area contributed by atoms with Crippen LogP contribution in [0.3, 0.4) is 0 Å². The summed E-state index contributed by atoms with van der Waals surface area (Å²) in [6, 6.07) is 18.5. The second-order valence-corrected chi connectivity index (χ2v) is 7.68. The molecular formula is C22H17BrN4. The van der Waals surface area contributed by atoms with Crippen LogP contribution in [0.4, 0.5) is 11.4 Å². The van der Waals surface area contributed by atoms with Gasteiger partial charge in [0.05, 0.1) is 5.92 Å². The number of rotatable bonds is 2. The van der Waals surface area contributed by atoms with Crippen molar-refractivity contribution < 1.29 is 0 Å². The quantitative estimate of drug-likeness (QED) is 0.580. The van der Waals surface area contributed by atoms with Crippen molar-refractivity contribution >= 4 is 44.7 Å². The van der Waals surface area contributed by atoms with E-state index in [-0.39, 0.29) is 12.1 Å². The highest BCUT2D eigenvalue weighted by Gasteiger charge is 2.38. The van der Waals surface area contributed by atoms with Gasteiger partial charge in [-0.3, -0.25) is 9.98 Å². The van der Waals surface area contributed by atoms with E-state index in [4.69, 9.17) is 10.7 Å². The van der Waals surface area contributed by atoms with E-state index in [1.807, 2.05) is 30.7 Å². The number of hydrogen-bond donors (Lipinski definition) is 2. The smallest absolute Gasteiger partial charge is 0.129 e. The highest BCUT2D eigenvalue weighted by molar-refractivity contribution is 9.10. The van der Waals surface area contributed by atoms with Crippen LogP contribution in [-0.4, -0.2) is 17.4 Å². The van der Waals surface area contributed by atoms with Crippen LogP contribution < -0.4 is 11.1 Å². The predicted octanol–water partition coefficient (Wildman–Crippen LogP) is 4.96. The molecule has 0 saturated carbocycles. The first-order valence-electron chi connectivity index (χ1n) is 8.80. The zero-order valence-electron chi connectivity index (χ0n) is 14.4. The second kappa shape index (κ2) is 6.35. The van der Waals surface area contributed by atoms with Crippen LogP contribution in [-0.2, 0) is 0 Å². The molecule has 1 aromatic heterocycles. The molecule has 27 heavy (non-hydrogen) atoms. The predicted molar refractivity (Wildman–Crippen MR) is 115 cm³/mol. The highest BCUT2D eigenvalue weighted by Crippen LogP contribution is 2.49. The molecule has 4 nitrogen and oxygen atoms in total. The maximum atomic E-state index is 6.10. The molecule has 0 fully saturated rings. The maximum absolute atomic E-state index is 6.10. The molecule has 0 amide bonds. The van der Waals surface area contributed by atoms with Gasteiger partial charge in [-0.05, 0) is 64.7 Å². The van der Waals surface area contributed by atoms with Gasteiger partial charge in [-0.1, -0.05) is 28.1 Å². The molecule has 2 unspecified atom stereocenters. The molecule has 5 heteroatoms. The number of nitrogens with zero attached hydrogens (tertiary/aromatic N) is 2. The zero-order valence-corrected chi connectivity index (χ0v) is 16.0. The largest absolute Gasteiger partial charge is 0.399 e. The maximum Gasteiger partial charge on any atom is 0.129 e. The average molecular weight is 417 g/mol. The summed E-state index contributed by atoms with van der Waals surface area (Å²) in [7, 11) is 0. The van der Waals surface area contributed by atoms with Crippen molar-refractivity contribution in [3.63, 3.8) is 0 Å². The number of halogens is 1. The van der Waals surface area contributed by atoms with E-state index in [0.29, 0.717) is 0 Å². The number of nitrogen functional groups attached to an aromatic ring is 1. The normalized spacial score (nSPS) is 20.2. The third-order valence-electron chi connectivity index (χ3n) is 5.14. The standard InChI is InChI=1S/C22H17BrN4/c23-15-3-1-13(2-4-15)18-12-26-22-21(20(18)14-7-9-25-10-8-14)17-11-16(24)5-6-19(17)27-22/h1-12,21-22,27H,24H2. The fraction of sp³-hybridized carbons (Fsp3) is 0.0909. The van der Waals surface area contributed by atoms with Gasteiger partial charge in [0.25, 0.3) is 0 Å². The minimum Gasteiger partial charge on any atom is -0.399 e. The molecule has 2 aromatic carbocycles. The Morgan fingerprint density at radius 2 is 1.70 bits per heavy atom. The fourth-order valence-corrected chi connectivity index (χ4v) is 4.20. The van der Waals surface area contributed by atoms with E-state index in [9.17, 15) is 0 Å². The Bertz CT molecular complexity index is 1070. The first-order chi connectivity index (χ1) is 13.2. The second-order valence-electron chi connectivity index (χ2n) is 6.76. The third kappa shape index (κ3) is 2.75. The van der Waals surface area contributed by atoms with Crippen LogP contribution in [0.15, 0.2) is 76.5 Å². The molecule has 132 valence electrons. The number of nitrogens with two attached hydrogens (primary N) is 1. The van der Waals surface area contributed by atoms with Crippen LogP contribution in [0.5, 0.6) is 0 Å². The summed E-state index contributed by atoms with van der Waals surface area (Å²) in [6.07, 6.45) is 5.64. The summed E-state index contributed by atoms with van der Waals surface area (Å²) < 4.78 is 1.06. The van der Waals surface area contributed by atoms with Crippen molar-refractivity contribution in [3.05, 3.63) is 88.2 Å². The number of allylic oxidation sites excluding steroid dienone is 1. The number of anilines is 2. The van der Waals surface area contributed by atoms with Crippen molar-refractivity contribution in [3.8, 4) is 0 Å². The Morgan fingerprint density at radius 3 is 2.48 bits per heavy atom.